The summed E-state index contributed by atoms with van der Waals surface area (Å²) in [7, 11) is 2.91. The number of ether oxygens (including phenoxy) is 2. The maximum atomic E-state index is 12.9. The molecule has 0 saturated heterocycles. The number of benzene rings is 1. The van der Waals surface area contributed by atoms with E-state index in [4.69, 9.17) is 9.47 Å². The molecule has 5 nitrogen and oxygen atoms in total. The fourth-order valence-corrected chi connectivity index (χ4v) is 2.86. The van der Waals surface area contributed by atoms with Gasteiger partial charge in [-0.2, -0.15) is 0 Å². The first-order valence-corrected chi connectivity index (χ1v) is 8.88. The van der Waals surface area contributed by atoms with Gasteiger partial charge in [-0.3, -0.25) is 4.79 Å². The molecule has 1 amide bonds. The second-order valence-electron chi connectivity index (χ2n) is 5.69. The zero-order valence-electron chi connectivity index (χ0n) is 14.8. The number of halogens is 1. The number of carbonyl (C=O) groups is 2. The molecular weight excluding hydrogens is 374 g/mol. The summed E-state index contributed by atoms with van der Waals surface area (Å²) in [6, 6.07) is 6.57. The molecule has 0 spiro atoms. The van der Waals surface area contributed by atoms with E-state index in [2.05, 4.69) is 15.9 Å². The van der Waals surface area contributed by atoms with Gasteiger partial charge in [-0.1, -0.05) is 48.3 Å². The largest absolute Gasteiger partial charge is 0.467 e. The molecule has 1 rings (SSSR count). The Labute approximate surface area is 152 Å². The predicted molar refractivity (Wildman–Crippen MR) is 96.6 cm³/mol. The van der Waals surface area contributed by atoms with Gasteiger partial charge in [0.05, 0.1) is 13.7 Å². The lowest BCUT2D eigenvalue weighted by Gasteiger charge is -2.32. The van der Waals surface area contributed by atoms with Crippen molar-refractivity contribution < 1.29 is 19.1 Å². The maximum absolute atomic E-state index is 12.9. The SMILES string of the molecule is CCC[C@H](C)C(=O)N(CCOC)[C@@H](C(=O)OC)c1ccc(Br)cc1. The quantitative estimate of drug-likeness (QED) is 0.595. The third-order valence-corrected chi connectivity index (χ3v) is 4.41. The van der Waals surface area contributed by atoms with E-state index in [0.29, 0.717) is 13.2 Å². The molecule has 134 valence electrons. The molecule has 1 aromatic rings. The molecule has 0 aliphatic rings. The molecule has 0 radical (unpaired) electrons. The molecule has 0 unspecified atom stereocenters. The Morgan fingerprint density at radius 3 is 2.33 bits per heavy atom. The summed E-state index contributed by atoms with van der Waals surface area (Å²) in [4.78, 5) is 26.9. The summed E-state index contributed by atoms with van der Waals surface area (Å²) in [5.41, 5.74) is 0.721. The topological polar surface area (TPSA) is 55.8 Å². The van der Waals surface area contributed by atoms with Crippen LogP contribution in [0.15, 0.2) is 28.7 Å². The zero-order chi connectivity index (χ0) is 18.1. The number of nitrogens with zero attached hydrogens (tertiary/aromatic N) is 1. The predicted octanol–water partition coefficient (Wildman–Crippen LogP) is 3.57. The van der Waals surface area contributed by atoms with Crippen LogP contribution in [-0.4, -0.2) is 44.1 Å². The van der Waals surface area contributed by atoms with Crippen molar-refractivity contribution in [3.8, 4) is 0 Å². The Morgan fingerprint density at radius 1 is 1.21 bits per heavy atom. The summed E-state index contributed by atoms with van der Waals surface area (Å²) < 4.78 is 11.0. The first-order valence-electron chi connectivity index (χ1n) is 8.08. The maximum Gasteiger partial charge on any atom is 0.333 e. The van der Waals surface area contributed by atoms with Crippen LogP contribution in [0.3, 0.4) is 0 Å². The molecule has 0 aromatic heterocycles. The summed E-state index contributed by atoms with van der Waals surface area (Å²) in [6.07, 6.45) is 1.68. The second kappa shape index (κ2) is 10.5. The van der Waals surface area contributed by atoms with E-state index in [1.807, 2.05) is 38.1 Å². The number of amides is 1. The van der Waals surface area contributed by atoms with Crippen molar-refractivity contribution in [3.63, 3.8) is 0 Å². The van der Waals surface area contributed by atoms with E-state index in [9.17, 15) is 9.59 Å². The molecule has 0 aliphatic carbocycles. The summed E-state index contributed by atoms with van der Waals surface area (Å²) in [5.74, 6) is -0.674. The van der Waals surface area contributed by atoms with E-state index in [-0.39, 0.29) is 11.8 Å². The highest BCUT2D eigenvalue weighted by Crippen LogP contribution is 2.26. The molecule has 0 heterocycles. The second-order valence-corrected chi connectivity index (χ2v) is 6.61. The number of methoxy groups -OCH3 is 2. The van der Waals surface area contributed by atoms with E-state index < -0.39 is 12.0 Å². The Kier molecular flexibility index (Phi) is 9.00. The zero-order valence-corrected chi connectivity index (χ0v) is 16.3. The fourth-order valence-electron chi connectivity index (χ4n) is 2.60. The van der Waals surface area contributed by atoms with Gasteiger partial charge < -0.3 is 14.4 Å². The molecule has 0 aliphatic heterocycles. The van der Waals surface area contributed by atoms with Gasteiger partial charge in [0, 0.05) is 24.0 Å². The first kappa shape index (κ1) is 20.6. The smallest absolute Gasteiger partial charge is 0.333 e. The third kappa shape index (κ3) is 5.60. The van der Waals surface area contributed by atoms with Crippen molar-refractivity contribution in [1.29, 1.82) is 0 Å². The van der Waals surface area contributed by atoms with Crippen molar-refractivity contribution in [1.82, 2.24) is 4.90 Å². The summed E-state index contributed by atoms with van der Waals surface area (Å²) in [5, 5.41) is 0. The molecule has 0 fully saturated rings. The Morgan fingerprint density at radius 2 is 1.83 bits per heavy atom. The van der Waals surface area contributed by atoms with Gasteiger partial charge in [0.15, 0.2) is 6.04 Å². The highest BCUT2D eigenvalue weighted by Gasteiger charge is 2.33. The van der Waals surface area contributed by atoms with Crippen LogP contribution in [0.5, 0.6) is 0 Å². The van der Waals surface area contributed by atoms with Crippen molar-refractivity contribution in [2.24, 2.45) is 5.92 Å². The lowest BCUT2D eigenvalue weighted by Crippen LogP contribution is -2.43. The van der Waals surface area contributed by atoms with Crippen molar-refractivity contribution in [3.05, 3.63) is 34.3 Å². The minimum Gasteiger partial charge on any atom is -0.467 e. The number of rotatable bonds is 9. The molecule has 24 heavy (non-hydrogen) atoms. The monoisotopic (exact) mass is 399 g/mol. The van der Waals surface area contributed by atoms with Crippen LogP contribution in [0.4, 0.5) is 0 Å². The van der Waals surface area contributed by atoms with Crippen LogP contribution in [-0.2, 0) is 19.1 Å². The molecule has 0 saturated carbocycles. The van der Waals surface area contributed by atoms with Crippen molar-refractivity contribution in [2.45, 2.75) is 32.7 Å². The minimum atomic E-state index is -0.773. The Bertz CT molecular complexity index is 532. The van der Waals surface area contributed by atoms with Crippen LogP contribution in [0.2, 0.25) is 0 Å². The van der Waals surface area contributed by atoms with Gasteiger partial charge in [0.2, 0.25) is 5.91 Å². The average molecular weight is 400 g/mol. The Balaban J connectivity index is 3.21. The molecule has 0 N–H and O–H groups in total. The van der Waals surface area contributed by atoms with Crippen LogP contribution < -0.4 is 0 Å². The minimum absolute atomic E-state index is 0.0628. The molecular formula is C18H26BrNO4. The van der Waals surface area contributed by atoms with E-state index >= 15 is 0 Å². The number of hydrogen-bond donors (Lipinski definition) is 0. The van der Waals surface area contributed by atoms with E-state index in [1.54, 1.807) is 12.0 Å². The van der Waals surface area contributed by atoms with Crippen molar-refractivity contribution >= 4 is 27.8 Å². The van der Waals surface area contributed by atoms with Crippen LogP contribution in [0, 0.1) is 5.92 Å². The third-order valence-electron chi connectivity index (χ3n) is 3.88. The number of carbonyl (C=O) groups excluding carboxylic acids is 2. The van der Waals surface area contributed by atoms with Crippen molar-refractivity contribution in [2.75, 3.05) is 27.4 Å². The van der Waals surface area contributed by atoms with Gasteiger partial charge in [0.1, 0.15) is 0 Å². The lowest BCUT2D eigenvalue weighted by molar-refractivity contribution is -0.155. The normalized spacial score (nSPS) is 13.2. The standard InChI is InChI=1S/C18H26BrNO4/c1-5-6-13(2)17(21)20(11-12-23-3)16(18(22)24-4)14-7-9-15(19)10-8-14/h7-10,13,16H,5-6,11-12H2,1-4H3/t13-,16+/m0/s1. The van der Waals surface area contributed by atoms with Gasteiger partial charge in [-0.05, 0) is 24.1 Å². The van der Waals surface area contributed by atoms with Gasteiger partial charge in [-0.15, -0.1) is 0 Å². The van der Waals surface area contributed by atoms with Crippen LogP contribution >= 0.6 is 15.9 Å². The van der Waals surface area contributed by atoms with Crippen LogP contribution in [0.25, 0.3) is 0 Å². The summed E-state index contributed by atoms with van der Waals surface area (Å²) in [6.45, 7) is 4.62. The van der Waals surface area contributed by atoms with Gasteiger partial charge in [0.25, 0.3) is 0 Å². The van der Waals surface area contributed by atoms with E-state index in [1.165, 1.54) is 7.11 Å². The van der Waals surface area contributed by atoms with Gasteiger partial charge >= 0.3 is 5.97 Å². The molecule has 2 atom stereocenters. The number of hydrogen-bond acceptors (Lipinski definition) is 4. The molecule has 6 heteroatoms. The number of esters is 1. The average Bonchev–Trinajstić information content (AvgIpc) is 2.58. The van der Waals surface area contributed by atoms with E-state index in [0.717, 1.165) is 22.9 Å². The Hall–Kier alpha value is -1.40. The lowest BCUT2D eigenvalue weighted by atomic mass is 10.00. The highest BCUT2D eigenvalue weighted by molar-refractivity contribution is 9.10. The highest BCUT2D eigenvalue weighted by atomic mass is 79.9. The molecule has 1 aromatic carbocycles. The fraction of sp³-hybridized carbons (Fsp3) is 0.556. The first-order chi connectivity index (χ1) is 11.5. The van der Waals surface area contributed by atoms with Crippen LogP contribution in [0.1, 0.15) is 38.3 Å². The summed E-state index contributed by atoms with van der Waals surface area (Å²) >= 11 is 3.38. The van der Waals surface area contributed by atoms with Gasteiger partial charge in [-0.25, -0.2) is 4.79 Å². The molecule has 0 bridgehead atoms.